The van der Waals surface area contributed by atoms with Gasteiger partial charge in [0.05, 0.1) is 17.3 Å². The molecule has 1 aliphatic carbocycles. The molecule has 1 unspecified atom stereocenters. The number of nitrogens with one attached hydrogen (secondary N) is 2. The van der Waals surface area contributed by atoms with Crippen LogP contribution < -0.4 is 10.6 Å². The van der Waals surface area contributed by atoms with E-state index < -0.39 is 17.5 Å². The van der Waals surface area contributed by atoms with E-state index in [0.717, 1.165) is 0 Å². The van der Waals surface area contributed by atoms with Gasteiger partial charge >= 0.3 is 12.0 Å². The van der Waals surface area contributed by atoms with Crippen LogP contribution in [0.3, 0.4) is 0 Å². The zero-order chi connectivity index (χ0) is 16.5. The molecule has 1 aliphatic rings. The summed E-state index contributed by atoms with van der Waals surface area (Å²) in [5.74, 6) is -0.419. The third kappa shape index (κ3) is 3.15. The highest BCUT2D eigenvalue weighted by Crippen LogP contribution is 2.56. The molecule has 0 radical (unpaired) electrons. The Balaban J connectivity index is 2.09. The van der Waals surface area contributed by atoms with Crippen LogP contribution in [0.25, 0.3) is 0 Å². The van der Waals surface area contributed by atoms with Gasteiger partial charge in [0.2, 0.25) is 0 Å². The van der Waals surface area contributed by atoms with Crippen molar-refractivity contribution < 1.29 is 14.3 Å². The molecule has 0 saturated heterocycles. The molecule has 1 atom stereocenters. The minimum absolute atomic E-state index is 0.267. The van der Waals surface area contributed by atoms with Gasteiger partial charge in [0, 0.05) is 10.4 Å². The van der Waals surface area contributed by atoms with Crippen LogP contribution in [0, 0.1) is 5.41 Å². The molecule has 1 aromatic rings. The van der Waals surface area contributed by atoms with Gasteiger partial charge in [-0.3, -0.25) is 0 Å². The topological polar surface area (TPSA) is 67.4 Å². The molecule has 7 heteroatoms. The number of carbonyl (C=O) groups excluding carboxylic acids is 2. The van der Waals surface area contributed by atoms with Crippen molar-refractivity contribution in [1.82, 2.24) is 5.32 Å². The minimum atomic E-state index is -0.994. The number of esters is 1. The molecule has 1 fully saturated rings. The summed E-state index contributed by atoms with van der Waals surface area (Å²) in [5, 5.41) is 6.13. The van der Waals surface area contributed by atoms with Crippen LogP contribution in [0.4, 0.5) is 10.5 Å². The van der Waals surface area contributed by atoms with E-state index in [2.05, 4.69) is 10.6 Å². The van der Waals surface area contributed by atoms with Gasteiger partial charge in [-0.1, -0.05) is 37.0 Å². The second-order valence-corrected chi connectivity index (χ2v) is 6.73. The lowest BCUT2D eigenvalue weighted by Gasteiger charge is -2.21. The normalized spacial score (nSPS) is 21.9. The van der Waals surface area contributed by atoms with Gasteiger partial charge in [-0.05, 0) is 31.5 Å². The second kappa shape index (κ2) is 5.97. The highest BCUT2D eigenvalue weighted by Gasteiger charge is 2.68. The fraction of sp³-hybridized carbons (Fsp3) is 0.467. The Morgan fingerprint density at radius 1 is 1.32 bits per heavy atom. The maximum Gasteiger partial charge on any atom is 0.332 e. The Bertz CT molecular complexity index is 619. The molecule has 0 aromatic heterocycles. The van der Waals surface area contributed by atoms with E-state index in [-0.39, 0.29) is 12.0 Å². The third-order valence-electron chi connectivity index (χ3n) is 3.87. The first-order valence-corrected chi connectivity index (χ1v) is 7.69. The highest BCUT2D eigenvalue weighted by molar-refractivity contribution is 6.36. The monoisotopic (exact) mass is 344 g/mol. The number of hydrogen-bond donors (Lipinski definition) is 2. The molecule has 120 valence electrons. The summed E-state index contributed by atoms with van der Waals surface area (Å²) >= 11 is 11.8. The SMILES string of the molecule is CCOC(=O)C1(NC(=O)Nc2ccc(Cl)cc2Cl)CC1(C)C. The average Bonchev–Trinajstić information content (AvgIpc) is 2.96. The van der Waals surface area contributed by atoms with Crippen molar-refractivity contribution in [3.05, 3.63) is 28.2 Å². The smallest absolute Gasteiger partial charge is 0.332 e. The van der Waals surface area contributed by atoms with Crippen LogP contribution in [0.2, 0.25) is 10.0 Å². The first-order valence-electron chi connectivity index (χ1n) is 6.93. The zero-order valence-electron chi connectivity index (χ0n) is 12.6. The van der Waals surface area contributed by atoms with E-state index in [1.807, 2.05) is 13.8 Å². The number of halogens is 2. The number of urea groups is 1. The third-order valence-corrected chi connectivity index (χ3v) is 4.42. The van der Waals surface area contributed by atoms with Crippen molar-refractivity contribution in [3.63, 3.8) is 0 Å². The van der Waals surface area contributed by atoms with Crippen LogP contribution in [-0.2, 0) is 9.53 Å². The largest absolute Gasteiger partial charge is 0.464 e. The molecular formula is C15H18Cl2N2O3. The molecule has 0 heterocycles. The highest BCUT2D eigenvalue weighted by atomic mass is 35.5. The van der Waals surface area contributed by atoms with Crippen molar-refractivity contribution in [1.29, 1.82) is 0 Å². The Morgan fingerprint density at radius 3 is 2.45 bits per heavy atom. The quantitative estimate of drug-likeness (QED) is 0.815. The molecule has 0 bridgehead atoms. The van der Waals surface area contributed by atoms with Gasteiger partial charge in [-0.25, -0.2) is 9.59 Å². The molecule has 2 N–H and O–H groups in total. The predicted octanol–water partition coefficient (Wildman–Crippen LogP) is 3.85. The van der Waals surface area contributed by atoms with E-state index in [1.54, 1.807) is 19.1 Å². The number of amides is 2. The predicted molar refractivity (Wildman–Crippen MR) is 86.4 cm³/mol. The molecule has 5 nitrogen and oxygen atoms in total. The first kappa shape index (κ1) is 16.9. The lowest BCUT2D eigenvalue weighted by Crippen LogP contribution is -2.49. The zero-order valence-corrected chi connectivity index (χ0v) is 14.1. The van der Waals surface area contributed by atoms with E-state index in [4.69, 9.17) is 27.9 Å². The Hall–Kier alpha value is -1.46. The Kier molecular flexibility index (Phi) is 4.59. The number of benzene rings is 1. The summed E-state index contributed by atoms with van der Waals surface area (Å²) in [4.78, 5) is 24.3. The molecule has 0 aliphatic heterocycles. The summed E-state index contributed by atoms with van der Waals surface area (Å²) in [7, 11) is 0. The summed E-state index contributed by atoms with van der Waals surface area (Å²) in [6, 6.07) is 4.23. The Labute approximate surface area is 139 Å². The van der Waals surface area contributed by atoms with Crippen LogP contribution in [-0.4, -0.2) is 24.1 Å². The van der Waals surface area contributed by atoms with Crippen LogP contribution >= 0.6 is 23.2 Å². The van der Waals surface area contributed by atoms with Gasteiger partial charge < -0.3 is 15.4 Å². The number of ether oxygens (including phenoxy) is 1. The first-order chi connectivity index (χ1) is 10.2. The summed E-state index contributed by atoms with van der Waals surface area (Å²) in [5.41, 5.74) is -0.923. The van der Waals surface area contributed by atoms with Crippen molar-refractivity contribution in [2.45, 2.75) is 32.7 Å². The van der Waals surface area contributed by atoms with E-state index >= 15 is 0 Å². The molecule has 2 amide bonds. The maximum atomic E-state index is 12.2. The summed E-state index contributed by atoms with van der Waals surface area (Å²) in [6.45, 7) is 5.80. The molecule has 1 saturated carbocycles. The fourth-order valence-corrected chi connectivity index (χ4v) is 2.88. The van der Waals surface area contributed by atoms with E-state index in [0.29, 0.717) is 22.2 Å². The van der Waals surface area contributed by atoms with Crippen molar-refractivity contribution >= 4 is 40.9 Å². The maximum absolute atomic E-state index is 12.2. The number of anilines is 1. The molecule has 22 heavy (non-hydrogen) atoms. The number of hydrogen-bond acceptors (Lipinski definition) is 3. The van der Waals surface area contributed by atoms with Gasteiger partial charge in [-0.15, -0.1) is 0 Å². The molecule has 0 spiro atoms. The van der Waals surface area contributed by atoms with Crippen LogP contribution in [0.15, 0.2) is 18.2 Å². The summed E-state index contributed by atoms with van der Waals surface area (Å²) < 4.78 is 5.07. The van der Waals surface area contributed by atoms with Crippen LogP contribution in [0.1, 0.15) is 27.2 Å². The van der Waals surface area contributed by atoms with Gasteiger partial charge in [0.25, 0.3) is 0 Å². The molecule has 1 aromatic carbocycles. The fourth-order valence-electron chi connectivity index (χ4n) is 2.42. The van der Waals surface area contributed by atoms with Gasteiger partial charge in [-0.2, -0.15) is 0 Å². The average molecular weight is 345 g/mol. The van der Waals surface area contributed by atoms with Gasteiger partial charge in [0.15, 0.2) is 0 Å². The molecular weight excluding hydrogens is 327 g/mol. The standard InChI is InChI=1S/C15H18Cl2N2O3/c1-4-22-12(20)15(8-14(15,2)3)19-13(21)18-11-6-5-9(16)7-10(11)17/h5-7H,4,8H2,1-3H3,(H2,18,19,21). The van der Waals surface area contributed by atoms with Crippen LogP contribution in [0.5, 0.6) is 0 Å². The minimum Gasteiger partial charge on any atom is -0.464 e. The van der Waals surface area contributed by atoms with Crippen molar-refractivity contribution in [2.75, 3.05) is 11.9 Å². The number of carbonyl (C=O) groups is 2. The van der Waals surface area contributed by atoms with Crippen molar-refractivity contribution in [2.24, 2.45) is 5.41 Å². The van der Waals surface area contributed by atoms with Crippen molar-refractivity contribution in [3.8, 4) is 0 Å². The lowest BCUT2D eigenvalue weighted by atomic mass is 10.1. The number of rotatable bonds is 4. The Morgan fingerprint density at radius 2 is 1.95 bits per heavy atom. The lowest BCUT2D eigenvalue weighted by molar-refractivity contribution is -0.147. The second-order valence-electron chi connectivity index (χ2n) is 5.89. The molecule has 2 rings (SSSR count). The van der Waals surface area contributed by atoms with E-state index in [9.17, 15) is 9.59 Å². The summed E-state index contributed by atoms with van der Waals surface area (Å²) in [6.07, 6.45) is 0.528. The van der Waals surface area contributed by atoms with E-state index in [1.165, 1.54) is 6.07 Å². The van der Waals surface area contributed by atoms with Gasteiger partial charge in [0.1, 0.15) is 5.54 Å².